The van der Waals surface area contributed by atoms with Crippen molar-refractivity contribution in [1.29, 1.82) is 0 Å². The minimum atomic E-state index is -0.464. The first kappa shape index (κ1) is 13.7. The molecule has 0 fully saturated rings. The van der Waals surface area contributed by atoms with E-state index in [2.05, 4.69) is 15.3 Å². The zero-order valence-electron chi connectivity index (χ0n) is 11.7. The van der Waals surface area contributed by atoms with E-state index in [4.69, 9.17) is 4.74 Å². The van der Waals surface area contributed by atoms with Crippen molar-refractivity contribution in [1.82, 2.24) is 9.97 Å². The molecule has 1 aromatic heterocycles. The number of ether oxygens (including phenoxy) is 1. The minimum absolute atomic E-state index is 0.0814. The van der Waals surface area contributed by atoms with Crippen LogP contribution in [0.2, 0.25) is 0 Å². The first-order valence-corrected chi connectivity index (χ1v) is 6.48. The molecule has 1 heterocycles. The third-order valence-corrected chi connectivity index (χ3v) is 3.20. The summed E-state index contributed by atoms with van der Waals surface area (Å²) < 4.78 is 5.02. The second-order valence-corrected chi connectivity index (χ2v) is 4.50. The first-order chi connectivity index (χ1) is 10.7. The Morgan fingerprint density at radius 1 is 1.18 bits per heavy atom. The van der Waals surface area contributed by atoms with Gasteiger partial charge in [0.05, 0.1) is 23.6 Å². The molecule has 0 radical (unpaired) electrons. The highest BCUT2D eigenvalue weighted by molar-refractivity contribution is 5.91. The van der Waals surface area contributed by atoms with E-state index < -0.39 is 4.92 Å². The maximum absolute atomic E-state index is 11.2. The molecule has 0 saturated carbocycles. The van der Waals surface area contributed by atoms with Crippen molar-refractivity contribution >= 4 is 28.1 Å². The van der Waals surface area contributed by atoms with Crippen LogP contribution in [0, 0.1) is 10.1 Å². The lowest BCUT2D eigenvalue weighted by atomic mass is 10.2. The molecule has 0 atom stereocenters. The Hall–Kier alpha value is -3.22. The number of aromatic nitrogens is 2. The number of nitrogens with one attached hydrogen (secondary N) is 1. The van der Waals surface area contributed by atoms with Crippen LogP contribution in [-0.4, -0.2) is 22.0 Å². The number of hydrogen-bond donors (Lipinski definition) is 1. The van der Waals surface area contributed by atoms with Gasteiger partial charge in [-0.2, -0.15) is 0 Å². The summed E-state index contributed by atoms with van der Waals surface area (Å²) in [6.07, 6.45) is 1.42. The normalized spacial score (nSPS) is 10.4. The van der Waals surface area contributed by atoms with Crippen molar-refractivity contribution in [2.75, 3.05) is 12.4 Å². The van der Waals surface area contributed by atoms with Crippen molar-refractivity contribution < 1.29 is 9.66 Å². The molecule has 110 valence electrons. The van der Waals surface area contributed by atoms with Gasteiger partial charge in [-0.05, 0) is 24.3 Å². The van der Waals surface area contributed by atoms with Crippen molar-refractivity contribution in [2.45, 2.75) is 0 Å². The van der Waals surface area contributed by atoms with Gasteiger partial charge in [-0.3, -0.25) is 10.1 Å². The summed E-state index contributed by atoms with van der Waals surface area (Å²) in [4.78, 5) is 19.1. The molecule has 22 heavy (non-hydrogen) atoms. The molecule has 1 N–H and O–H groups in total. The maximum Gasteiger partial charge on any atom is 0.296 e. The van der Waals surface area contributed by atoms with Gasteiger partial charge < -0.3 is 10.1 Å². The molecule has 0 aliphatic heterocycles. The lowest BCUT2D eigenvalue weighted by molar-refractivity contribution is -0.384. The van der Waals surface area contributed by atoms with Crippen LogP contribution in [0.25, 0.3) is 10.9 Å². The van der Waals surface area contributed by atoms with E-state index in [9.17, 15) is 10.1 Å². The molecule has 7 nitrogen and oxygen atoms in total. The van der Waals surface area contributed by atoms with Gasteiger partial charge in [-0.25, -0.2) is 9.97 Å². The van der Waals surface area contributed by atoms with Gasteiger partial charge >= 0.3 is 0 Å². The van der Waals surface area contributed by atoms with Crippen molar-refractivity contribution in [2.24, 2.45) is 0 Å². The van der Waals surface area contributed by atoms with E-state index in [1.54, 1.807) is 12.1 Å². The fourth-order valence-corrected chi connectivity index (χ4v) is 2.13. The molecule has 0 amide bonds. The van der Waals surface area contributed by atoms with E-state index in [1.165, 1.54) is 19.5 Å². The van der Waals surface area contributed by atoms with E-state index in [-0.39, 0.29) is 5.69 Å². The number of nitro groups is 1. The Balaban J connectivity index is 2.07. The fraction of sp³-hybridized carbons (Fsp3) is 0.0667. The van der Waals surface area contributed by atoms with E-state index in [1.807, 2.05) is 24.3 Å². The Morgan fingerprint density at radius 3 is 2.77 bits per heavy atom. The Morgan fingerprint density at radius 2 is 2.00 bits per heavy atom. The average Bonchev–Trinajstić information content (AvgIpc) is 2.55. The van der Waals surface area contributed by atoms with Gasteiger partial charge in [-0.1, -0.05) is 12.1 Å². The number of para-hydroxylation sites is 1. The number of fused-ring (bicyclic) bond motifs is 1. The summed E-state index contributed by atoms with van der Waals surface area (Å²) in [5, 5.41) is 15.0. The number of hydrogen-bond acceptors (Lipinski definition) is 6. The molecule has 0 saturated heterocycles. The highest BCUT2D eigenvalue weighted by atomic mass is 16.6. The summed E-state index contributed by atoms with van der Waals surface area (Å²) in [6.45, 7) is 0. The fourth-order valence-electron chi connectivity index (χ4n) is 2.13. The molecular formula is C15H12N4O3. The molecule has 3 aromatic rings. The van der Waals surface area contributed by atoms with Crippen molar-refractivity contribution in [3.05, 3.63) is 58.9 Å². The van der Waals surface area contributed by atoms with Crippen LogP contribution in [0.4, 0.5) is 17.2 Å². The number of nitrogens with zero attached hydrogens (tertiary/aromatic N) is 3. The topological polar surface area (TPSA) is 90.2 Å². The van der Waals surface area contributed by atoms with Gasteiger partial charge in [-0.15, -0.1) is 0 Å². The lowest BCUT2D eigenvalue weighted by Gasteiger charge is -2.09. The third-order valence-electron chi connectivity index (χ3n) is 3.20. The Labute approximate surface area is 125 Å². The number of nitro benzene ring substituents is 1. The Bertz CT molecular complexity index is 846. The van der Waals surface area contributed by atoms with Crippen molar-refractivity contribution in [3.8, 4) is 5.75 Å². The zero-order chi connectivity index (χ0) is 15.5. The number of anilines is 2. The monoisotopic (exact) mass is 296 g/mol. The third kappa shape index (κ3) is 2.51. The molecule has 0 unspecified atom stereocenters. The summed E-state index contributed by atoms with van der Waals surface area (Å²) in [5.74, 6) is 0.934. The van der Waals surface area contributed by atoms with E-state index >= 15 is 0 Å². The largest absolute Gasteiger partial charge is 0.496 e. The van der Waals surface area contributed by atoms with Crippen LogP contribution >= 0.6 is 0 Å². The van der Waals surface area contributed by atoms with Crippen LogP contribution in [0.15, 0.2) is 48.8 Å². The standard InChI is InChI=1S/C15H12N4O3/c1-22-10-6-7-13(14(8-10)19(20)21)18-15-11-4-2-3-5-12(11)16-9-17-15/h2-9H,1H3,(H,16,17,18). The van der Waals surface area contributed by atoms with Crippen LogP contribution in [0.5, 0.6) is 5.75 Å². The highest BCUT2D eigenvalue weighted by Crippen LogP contribution is 2.32. The summed E-state index contributed by atoms with van der Waals surface area (Å²) in [7, 11) is 1.46. The van der Waals surface area contributed by atoms with Crippen molar-refractivity contribution in [3.63, 3.8) is 0 Å². The average molecular weight is 296 g/mol. The number of benzene rings is 2. The van der Waals surface area contributed by atoms with Crippen LogP contribution in [-0.2, 0) is 0 Å². The van der Waals surface area contributed by atoms with E-state index in [0.29, 0.717) is 17.3 Å². The lowest BCUT2D eigenvalue weighted by Crippen LogP contribution is -2.00. The number of rotatable bonds is 4. The van der Waals surface area contributed by atoms with Gasteiger partial charge in [0.1, 0.15) is 23.6 Å². The molecule has 0 aliphatic rings. The molecule has 0 spiro atoms. The smallest absolute Gasteiger partial charge is 0.296 e. The molecule has 2 aromatic carbocycles. The highest BCUT2D eigenvalue weighted by Gasteiger charge is 2.16. The van der Waals surface area contributed by atoms with Gasteiger partial charge in [0.25, 0.3) is 5.69 Å². The van der Waals surface area contributed by atoms with Crippen LogP contribution in [0.1, 0.15) is 0 Å². The SMILES string of the molecule is COc1ccc(Nc2ncnc3ccccc23)c([N+](=O)[O-])c1. The van der Waals surface area contributed by atoms with Crippen LogP contribution < -0.4 is 10.1 Å². The molecule has 0 aliphatic carbocycles. The quantitative estimate of drug-likeness (QED) is 0.587. The maximum atomic E-state index is 11.2. The number of methoxy groups -OCH3 is 1. The molecule has 3 rings (SSSR count). The molecular weight excluding hydrogens is 284 g/mol. The predicted molar refractivity (Wildman–Crippen MR) is 82.5 cm³/mol. The first-order valence-electron chi connectivity index (χ1n) is 6.48. The van der Waals surface area contributed by atoms with Gasteiger partial charge in [0, 0.05) is 5.39 Å². The van der Waals surface area contributed by atoms with Crippen LogP contribution in [0.3, 0.4) is 0 Å². The summed E-state index contributed by atoms with van der Waals surface area (Å²) in [5.41, 5.74) is 1.02. The predicted octanol–water partition coefficient (Wildman–Crippen LogP) is 3.29. The Kier molecular flexibility index (Phi) is 3.53. The zero-order valence-corrected chi connectivity index (χ0v) is 11.7. The summed E-state index contributed by atoms with van der Waals surface area (Å²) >= 11 is 0. The van der Waals surface area contributed by atoms with Gasteiger partial charge in [0.2, 0.25) is 0 Å². The second-order valence-electron chi connectivity index (χ2n) is 4.50. The van der Waals surface area contributed by atoms with E-state index in [0.717, 1.165) is 10.9 Å². The second kappa shape index (κ2) is 5.65. The van der Waals surface area contributed by atoms with Gasteiger partial charge in [0.15, 0.2) is 0 Å². The summed E-state index contributed by atoms with van der Waals surface area (Å²) in [6, 6.07) is 12.0. The minimum Gasteiger partial charge on any atom is -0.496 e. The molecule has 0 bridgehead atoms. The molecule has 7 heteroatoms.